The summed E-state index contributed by atoms with van der Waals surface area (Å²) in [7, 11) is 1.43. The maximum absolute atomic E-state index is 12.5. The second-order valence-corrected chi connectivity index (χ2v) is 6.31. The monoisotopic (exact) mass is 399 g/mol. The highest BCUT2D eigenvalue weighted by atomic mass is 35.5. The lowest BCUT2D eigenvalue weighted by Gasteiger charge is -2.13. The molecule has 0 fully saturated rings. The van der Waals surface area contributed by atoms with Crippen LogP contribution in [0.15, 0.2) is 60.8 Å². The van der Waals surface area contributed by atoms with E-state index in [0.717, 1.165) is 5.69 Å². The third-order valence-electron chi connectivity index (χ3n) is 3.88. The molecule has 3 aromatic rings. The van der Waals surface area contributed by atoms with Crippen LogP contribution in [0.4, 0.5) is 5.69 Å². The van der Waals surface area contributed by atoms with Crippen LogP contribution in [0.25, 0.3) is 5.69 Å². The summed E-state index contributed by atoms with van der Waals surface area (Å²) in [6, 6.07) is 15.9. The van der Waals surface area contributed by atoms with Crippen molar-refractivity contribution in [2.75, 3.05) is 12.4 Å². The highest BCUT2D eigenvalue weighted by Gasteiger charge is 2.25. The molecule has 1 heterocycles. The Labute approximate surface area is 166 Å². The number of rotatable bonds is 6. The number of ether oxygens (including phenoxy) is 2. The molecule has 28 heavy (non-hydrogen) atoms. The van der Waals surface area contributed by atoms with Gasteiger partial charge in [-0.15, -0.1) is 0 Å². The summed E-state index contributed by atoms with van der Waals surface area (Å²) in [5, 5.41) is 7.44. The first kappa shape index (κ1) is 19.4. The normalized spacial score (nSPS) is 11.5. The van der Waals surface area contributed by atoms with E-state index in [-0.39, 0.29) is 11.4 Å². The molecule has 3 rings (SSSR count). The molecule has 8 heteroatoms. The van der Waals surface area contributed by atoms with E-state index in [2.05, 4.69) is 10.4 Å². The van der Waals surface area contributed by atoms with Crippen molar-refractivity contribution in [2.24, 2.45) is 0 Å². The van der Waals surface area contributed by atoms with Gasteiger partial charge in [0.25, 0.3) is 5.91 Å². The zero-order valence-electron chi connectivity index (χ0n) is 15.3. The standard InChI is InChI=1S/C20H18ClN3O4/c1-13(19(25)22-15-10-8-14(21)9-11-15)28-20(26)18-17(27-2)12-24(23-18)16-6-4-3-5-7-16/h3-13H,1-2H3,(H,22,25)/t13-/m1/s1. The van der Waals surface area contributed by atoms with Gasteiger partial charge < -0.3 is 14.8 Å². The van der Waals surface area contributed by atoms with Gasteiger partial charge in [0.1, 0.15) is 0 Å². The van der Waals surface area contributed by atoms with Gasteiger partial charge in [-0.1, -0.05) is 29.8 Å². The first-order valence-corrected chi connectivity index (χ1v) is 8.82. The molecule has 0 unspecified atom stereocenters. The molecule has 144 valence electrons. The first-order valence-electron chi connectivity index (χ1n) is 8.44. The highest BCUT2D eigenvalue weighted by Crippen LogP contribution is 2.21. The summed E-state index contributed by atoms with van der Waals surface area (Å²) in [4.78, 5) is 24.8. The number of para-hydroxylation sites is 1. The Morgan fingerprint density at radius 1 is 1.11 bits per heavy atom. The lowest BCUT2D eigenvalue weighted by Crippen LogP contribution is -2.30. The minimum Gasteiger partial charge on any atom is -0.493 e. The number of carbonyl (C=O) groups is 2. The van der Waals surface area contributed by atoms with Gasteiger partial charge in [0.05, 0.1) is 19.0 Å². The van der Waals surface area contributed by atoms with E-state index < -0.39 is 18.0 Å². The predicted molar refractivity (Wildman–Crippen MR) is 105 cm³/mol. The number of hydrogen-bond donors (Lipinski definition) is 1. The Bertz CT molecular complexity index is 971. The van der Waals surface area contributed by atoms with Crippen molar-refractivity contribution < 1.29 is 19.1 Å². The lowest BCUT2D eigenvalue weighted by molar-refractivity contribution is -0.123. The van der Waals surface area contributed by atoms with Crippen molar-refractivity contribution >= 4 is 29.2 Å². The fraction of sp³-hybridized carbons (Fsp3) is 0.150. The molecule has 0 spiro atoms. The molecule has 1 aromatic heterocycles. The van der Waals surface area contributed by atoms with Gasteiger partial charge in [0, 0.05) is 10.7 Å². The second kappa shape index (κ2) is 8.58. The van der Waals surface area contributed by atoms with E-state index in [4.69, 9.17) is 21.1 Å². The molecule has 0 aliphatic carbocycles. The van der Waals surface area contributed by atoms with Crippen molar-refractivity contribution in [1.29, 1.82) is 0 Å². The van der Waals surface area contributed by atoms with Crippen LogP contribution < -0.4 is 10.1 Å². The van der Waals surface area contributed by atoms with Crippen LogP contribution in [0.1, 0.15) is 17.4 Å². The quantitative estimate of drug-likeness (QED) is 0.639. The number of esters is 1. The number of amides is 1. The molecule has 1 atom stereocenters. The lowest BCUT2D eigenvalue weighted by atomic mass is 10.3. The van der Waals surface area contributed by atoms with Gasteiger partial charge in [0.15, 0.2) is 11.9 Å². The van der Waals surface area contributed by atoms with E-state index in [1.807, 2.05) is 30.3 Å². The van der Waals surface area contributed by atoms with Gasteiger partial charge >= 0.3 is 5.97 Å². The third-order valence-corrected chi connectivity index (χ3v) is 4.13. The summed E-state index contributed by atoms with van der Waals surface area (Å²) in [6.07, 6.45) is 0.541. The van der Waals surface area contributed by atoms with Crippen molar-refractivity contribution in [3.8, 4) is 11.4 Å². The van der Waals surface area contributed by atoms with Gasteiger partial charge in [-0.25, -0.2) is 9.48 Å². The van der Waals surface area contributed by atoms with Crippen LogP contribution in [-0.4, -0.2) is 34.9 Å². The van der Waals surface area contributed by atoms with Crippen LogP contribution in [0.3, 0.4) is 0 Å². The van der Waals surface area contributed by atoms with E-state index in [1.165, 1.54) is 18.7 Å². The van der Waals surface area contributed by atoms with Gasteiger partial charge in [-0.2, -0.15) is 5.10 Å². The fourth-order valence-corrected chi connectivity index (χ4v) is 2.53. The molecule has 7 nitrogen and oxygen atoms in total. The molecular formula is C20H18ClN3O4. The molecule has 0 saturated heterocycles. The zero-order chi connectivity index (χ0) is 20.1. The van der Waals surface area contributed by atoms with Crippen LogP contribution in [0.5, 0.6) is 5.75 Å². The van der Waals surface area contributed by atoms with Crippen molar-refractivity contribution in [3.63, 3.8) is 0 Å². The average Bonchev–Trinajstić information content (AvgIpc) is 3.15. The average molecular weight is 400 g/mol. The number of anilines is 1. The Morgan fingerprint density at radius 3 is 2.43 bits per heavy atom. The molecule has 0 aliphatic heterocycles. The number of hydrogen-bond acceptors (Lipinski definition) is 5. The zero-order valence-corrected chi connectivity index (χ0v) is 16.0. The fourth-order valence-electron chi connectivity index (χ4n) is 2.41. The highest BCUT2D eigenvalue weighted by molar-refractivity contribution is 6.30. The topological polar surface area (TPSA) is 82.5 Å². The summed E-state index contributed by atoms with van der Waals surface area (Å²) < 4.78 is 12.0. The summed E-state index contributed by atoms with van der Waals surface area (Å²) in [5.41, 5.74) is 1.29. The Kier molecular flexibility index (Phi) is 5.96. The van der Waals surface area contributed by atoms with Gasteiger partial charge in [0.2, 0.25) is 5.69 Å². The minimum atomic E-state index is -1.03. The smallest absolute Gasteiger partial charge is 0.363 e. The first-order chi connectivity index (χ1) is 13.5. The van der Waals surface area contributed by atoms with Crippen molar-refractivity contribution in [1.82, 2.24) is 9.78 Å². The minimum absolute atomic E-state index is 0.0162. The summed E-state index contributed by atoms with van der Waals surface area (Å²) in [6.45, 7) is 1.48. The predicted octanol–water partition coefficient (Wildman–Crippen LogP) is 3.72. The number of methoxy groups -OCH3 is 1. The maximum atomic E-state index is 12.5. The van der Waals surface area contributed by atoms with Crippen molar-refractivity contribution in [3.05, 3.63) is 71.5 Å². The maximum Gasteiger partial charge on any atom is 0.363 e. The van der Waals surface area contributed by atoms with Crippen LogP contribution in [-0.2, 0) is 9.53 Å². The molecule has 1 amide bonds. The molecular weight excluding hydrogens is 382 g/mol. The number of carbonyl (C=O) groups excluding carboxylic acids is 2. The van der Waals surface area contributed by atoms with Crippen molar-refractivity contribution in [2.45, 2.75) is 13.0 Å². The van der Waals surface area contributed by atoms with E-state index in [9.17, 15) is 9.59 Å². The number of halogens is 1. The Balaban J connectivity index is 1.70. The van der Waals surface area contributed by atoms with Gasteiger partial charge in [-0.3, -0.25) is 4.79 Å². The van der Waals surface area contributed by atoms with Crippen LogP contribution in [0, 0.1) is 0 Å². The molecule has 0 saturated carbocycles. The van der Waals surface area contributed by atoms with Crippen LogP contribution >= 0.6 is 11.6 Å². The second-order valence-electron chi connectivity index (χ2n) is 5.87. The summed E-state index contributed by atoms with van der Waals surface area (Å²) >= 11 is 5.82. The third kappa shape index (κ3) is 4.50. The van der Waals surface area contributed by atoms with E-state index in [1.54, 1.807) is 30.5 Å². The SMILES string of the molecule is COc1cn(-c2ccccc2)nc1C(=O)O[C@H](C)C(=O)Nc1ccc(Cl)cc1. The molecule has 2 aromatic carbocycles. The number of aromatic nitrogens is 2. The molecule has 1 N–H and O–H groups in total. The van der Waals surface area contributed by atoms with E-state index in [0.29, 0.717) is 10.7 Å². The number of nitrogens with one attached hydrogen (secondary N) is 1. The largest absolute Gasteiger partial charge is 0.493 e. The molecule has 0 radical (unpaired) electrons. The molecule has 0 aliphatic rings. The Hall–Kier alpha value is -3.32. The Morgan fingerprint density at radius 2 is 1.79 bits per heavy atom. The molecule has 0 bridgehead atoms. The number of nitrogens with zero attached hydrogens (tertiary/aromatic N) is 2. The number of benzene rings is 2. The van der Waals surface area contributed by atoms with Gasteiger partial charge in [-0.05, 0) is 43.3 Å². The summed E-state index contributed by atoms with van der Waals surface area (Å²) in [5.74, 6) is -0.985. The van der Waals surface area contributed by atoms with Crippen LogP contribution in [0.2, 0.25) is 5.02 Å². The van der Waals surface area contributed by atoms with E-state index >= 15 is 0 Å².